The molecule has 1 aliphatic heterocycles. The lowest BCUT2D eigenvalue weighted by atomic mass is 9.85. The molecule has 1 aromatic carbocycles. The average molecular weight is 417 g/mol. The first-order chi connectivity index (χ1) is 13.6. The second-order valence-corrected chi connectivity index (χ2v) is 9.86. The van der Waals surface area contributed by atoms with Crippen molar-refractivity contribution in [1.29, 1.82) is 0 Å². The van der Waals surface area contributed by atoms with E-state index in [0.29, 0.717) is 5.69 Å². The summed E-state index contributed by atoms with van der Waals surface area (Å²) in [5, 5.41) is 7.77. The number of amides is 3. The van der Waals surface area contributed by atoms with Gasteiger partial charge in [-0.15, -0.1) is 0 Å². The number of sulfonamides is 1. The van der Waals surface area contributed by atoms with Crippen molar-refractivity contribution in [3.63, 3.8) is 0 Å². The van der Waals surface area contributed by atoms with Gasteiger partial charge in [0.2, 0.25) is 27.7 Å². The fourth-order valence-corrected chi connectivity index (χ4v) is 5.38. The third-order valence-electron chi connectivity index (χ3n) is 6.13. The molecule has 5 atom stereocenters. The number of carbonyl (C=O) groups excluding carboxylic acids is 3. The zero-order valence-corrected chi connectivity index (χ0v) is 16.9. The van der Waals surface area contributed by atoms with Gasteiger partial charge in [-0.05, 0) is 48.4 Å². The first kappa shape index (κ1) is 19.8. The molecule has 154 valence electrons. The normalized spacial score (nSPS) is 28.9. The van der Waals surface area contributed by atoms with Crippen LogP contribution in [0.2, 0.25) is 0 Å². The van der Waals surface area contributed by atoms with Crippen molar-refractivity contribution in [3.05, 3.63) is 36.4 Å². The molecule has 9 heteroatoms. The zero-order valence-electron chi connectivity index (χ0n) is 16.1. The molecule has 3 N–H and O–H groups in total. The summed E-state index contributed by atoms with van der Waals surface area (Å²) in [7, 11) is -3.84. The van der Waals surface area contributed by atoms with Crippen LogP contribution in [0.25, 0.3) is 0 Å². The number of rotatable bonds is 5. The molecular weight excluding hydrogens is 394 g/mol. The van der Waals surface area contributed by atoms with Gasteiger partial charge >= 0.3 is 0 Å². The Morgan fingerprint density at radius 2 is 1.59 bits per heavy atom. The Bertz CT molecular complexity index is 985. The van der Waals surface area contributed by atoms with Gasteiger partial charge in [0, 0.05) is 5.69 Å². The van der Waals surface area contributed by atoms with Crippen molar-refractivity contribution in [2.45, 2.75) is 31.2 Å². The number of anilines is 1. The van der Waals surface area contributed by atoms with E-state index in [9.17, 15) is 22.8 Å². The van der Waals surface area contributed by atoms with E-state index in [1.165, 1.54) is 24.3 Å². The van der Waals surface area contributed by atoms with Crippen LogP contribution in [0, 0.1) is 29.6 Å². The van der Waals surface area contributed by atoms with Gasteiger partial charge in [-0.25, -0.2) is 13.6 Å². The van der Waals surface area contributed by atoms with Gasteiger partial charge in [0.25, 0.3) is 0 Å². The van der Waals surface area contributed by atoms with Crippen molar-refractivity contribution in [3.8, 4) is 0 Å². The van der Waals surface area contributed by atoms with Crippen LogP contribution in [0.5, 0.6) is 0 Å². The van der Waals surface area contributed by atoms with E-state index in [4.69, 9.17) is 5.14 Å². The number of likely N-dealkylation sites (tertiary alicyclic amines) is 1. The van der Waals surface area contributed by atoms with Gasteiger partial charge in [-0.1, -0.05) is 26.0 Å². The number of fused-ring (bicyclic) bond motifs is 5. The van der Waals surface area contributed by atoms with Gasteiger partial charge < -0.3 is 5.32 Å². The highest BCUT2D eigenvalue weighted by molar-refractivity contribution is 7.89. The van der Waals surface area contributed by atoms with E-state index < -0.39 is 22.0 Å². The summed E-state index contributed by atoms with van der Waals surface area (Å²) < 4.78 is 22.7. The summed E-state index contributed by atoms with van der Waals surface area (Å²) in [5.74, 6) is -1.87. The Morgan fingerprint density at radius 3 is 2.03 bits per heavy atom. The molecule has 0 unspecified atom stereocenters. The third-order valence-corrected chi connectivity index (χ3v) is 7.06. The first-order valence-corrected chi connectivity index (χ1v) is 11.1. The fraction of sp³-hybridized carbons (Fsp3) is 0.450. The number of primary sulfonamides is 1. The number of carbonyl (C=O) groups is 3. The van der Waals surface area contributed by atoms with Crippen LogP contribution in [0.15, 0.2) is 41.3 Å². The minimum atomic E-state index is -3.84. The SMILES string of the molecule is CC(C)[C@@H](C(=O)Nc1ccc(S(N)(=O)=O)cc1)N1C(=O)[C@@H]2[C@H](C1=O)[C@H]1C=C[C@H]2C1. The van der Waals surface area contributed by atoms with E-state index >= 15 is 0 Å². The zero-order chi connectivity index (χ0) is 21.1. The van der Waals surface area contributed by atoms with E-state index in [1.54, 1.807) is 13.8 Å². The van der Waals surface area contributed by atoms with Crippen LogP contribution in [-0.4, -0.2) is 37.1 Å². The summed E-state index contributed by atoms with van der Waals surface area (Å²) in [5.41, 5.74) is 0.356. The van der Waals surface area contributed by atoms with Crippen molar-refractivity contribution in [1.82, 2.24) is 4.90 Å². The lowest BCUT2D eigenvalue weighted by molar-refractivity contribution is -0.148. The molecular formula is C20H23N3O5S. The standard InChI is InChI=1S/C20H23N3O5S/c1-10(2)17(18(24)22-13-5-7-14(8-6-13)29(21,27)28)23-19(25)15-11-3-4-12(9-11)16(15)20(23)26/h3-8,10-12,15-17H,9H2,1-2H3,(H,22,24)(H2,21,27,28)/t11-,12-,15-,16+,17-/m0/s1. The highest BCUT2D eigenvalue weighted by Gasteiger charge is 2.61. The van der Waals surface area contributed by atoms with Gasteiger partial charge in [-0.3, -0.25) is 19.3 Å². The minimum absolute atomic E-state index is 0.0726. The van der Waals surface area contributed by atoms with Crippen molar-refractivity contribution in [2.24, 2.45) is 34.7 Å². The van der Waals surface area contributed by atoms with Crippen molar-refractivity contribution < 1.29 is 22.8 Å². The molecule has 4 rings (SSSR count). The van der Waals surface area contributed by atoms with Crippen LogP contribution in [-0.2, 0) is 24.4 Å². The number of benzene rings is 1. The van der Waals surface area contributed by atoms with Crippen LogP contribution < -0.4 is 10.5 Å². The van der Waals surface area contributed by atoms with Crippen LogP contribution in [0.3, 0.4) is 0 Å². The number of hydrogen-bond acceptors (Lipinski definition) is 5. The summed E-state index contributed by atoms with van der Waals surface area (Å²) >= 11 is 0. The molecule has 0 spiro atoms. The smallest absolute Gasteiger partial charge is 0.247 e. The predicted molar refractivity (Wildman–Crippen MR) is 105 cm³/mol. The maximum absolute atomic E-state index is 13.1. The average Bonchev–Trinajstić information content (AvgIpc) is 3.31. The molecule has 1 heterocycles. The van der Waals surface area contributed by atoms with E-state index in [2.05, 4.69) is 5.32 Å². The predicted octanol–water partition coefficient (Wildman–Crippen LogP) is 1.10. The maximum Gasteiger partial charge on any atom is 0.247 e. The molecule has 2 fully saturated rings. The van der Waals surface area contributed by atoms with Gasteiger partial charge in [0.05, 0.1) is 16.7 Å². The second kappa shape index (κ2) is 6.77. The number of allylic oxidation sites excluding steroid dienone is 2. The lowest BCUT2D eigenvalue weighted by Gasteiger charge is -2.29. The largest absolute Gasteiger partial charge is 0.324 e. The Kier molecular flexibility index (Phi) is 4.62. The van der Waals surface area contributed by atoms with Gasteiger partial charge in [-0.2, -0.15) is 0 Å². The molecule has 1 aromatic rings. The molecule has 2 bridgehead atoms. The number of nitrogens with zero attached hydrogens (tertiary/aromatic N) is 1. The van der Waals surface area contributed by atoms with Gasteiger partial charge in [0.1, 0.15) is 6.04 Å². The molecule has 29 heavy (non-hydrogen) atoms. The summed E-state index contributed by atoms with van der Waals surface area (Å²) in [6.45, 7) is 3.58. The molecule has 1 saturated heterocycles. The van der Waals surface area contributed by atoms with E-state index in [1.807, 2.05) is 12.2 Å². The molecule has 8 nitrogen and oxygen atoms in total. The molecule has 3 aliphatic rings. The Labute approximate surface area is 169 Å². The van der Waals surface area contributed by atoms with Crippen LogP contribution in [0.4, 0.5) is 5.69 Å². The molecule has 3 amide bonds. The highest BCUT2D eigenvalue weighted by Crippen LogP contribution is 2.53. The third kappa shape index (κ3) is 3.18. The molecule has 2 aliphatic carbocycles. The van der Waals surface area contributed by atoms with Crippen LogP contribution in [0.1, 0.15) is 20.3 Å². The second-order valence-electron chi connectivity index (χ2n) is 8.29. The lowest BCUT2D eigenvalue weighted by Crippen LogP contribution is -2.51. The molecule has 1 saturated carbocycles. The summed E-state index contributed by atoms with van der Waals surface area (Å²) in [4.78, 5) is 40.2. The molecule has 0 aromatic heterocycles. The Balaban J connectivity index is 1.56. The number of nitrogens with two attached hydrogens (primary N) is 1. The van der Waals surface area contributed by atoms with Crippen molar-refractivity contribution >= 4 is 33.4 Å². The highest BCUT2D eigenvalue weighted by atomic mass is 32.2. The van der Waals surface area contributed by atoms with E-state index in [0.717, 1.165) is 11.3 Å². The number of imide groups is 1. The minimum Gasteiger partial charge on any atom is -0.324 e. The van der Waals surface area contributed by atoms with Crippen molar-refractivity contribution in [2.75, 3.05) is 5.32 Å². The summed E-state index contributed by atoms with van der Waals surface area (Å²) in [6, 6.07) is 4.48. The number of hydrogen-bond donors (Lipinski definition) is 2. The Hall–Kier alpha value is -2.52. The fourth-order valence-electron chi connectivity index (χ4n) is 4.86. The topological polar surface area (TPSA) is 127 Å². The first-order valence-electron chi connectivity index (χ1n) is 9.58. The van der Waals surface area contributed by atoms with E-state index in [-0.39, 0.29) is 46.3 Å². The number of nitrogens with one attached hydrogen (secondary N) is 1. The molecule has 0 radical (unpaired) electrons. The summed E-state index contributed by atoms with van der Waals surface area (Å²) in [6.07, 6.45) is 4.85. The maximum atomic E-state index is 13.1. The Morgan fingerprint density at radius 1 is 1.07 bits per heavy atom. The van der Waals surface area contributed by atoms with Gasteiger partial charge in [0.15, 0.2) is 0 Å². The quantitative estimate of drug-likeness (QED) is 0.548. The van der Waals surface area contributed by atoms with Crippen LogP contribution >= 0.6 is 0 Å². The monoisotopic (exact) mass is 417 g/mol.